The maximum absolute atomic E-state index is 15.3. The number of amides is 2. The number of ketones is 2. The highest BCUT2D eigenvalue weighted by atomic mass is 19.1. The summed E-state index contributed by atoms with van der Waals surface area (Å²) in [5.41, 5.74) is -0.385. The van der Waals surface area contributed by atoms with Crippen LogP contribution >= 0.6 is 0 Å². The van der Waals surface area contributed by atoms with E-state index in [0.29, 0.717) is 0 Å². The number of carbonyl (C=O) groups is 4. The van der Waals surface area contributed by atoms with Crippen LogP contribution < -0.4 is 0 Å². The van der Waals surface area contributed by atoms with Gasteiger partial charge in [-0.3, -0.25) is 19.2 Å². The number of likely N-dealkylation sites (tertiary alicyclic amines) is 2. The van der Waals surface area contributed by atoms with Crippen LogP contribution in [0.1, 0.15) is 34.3 Å². The summed E-state index contributed by atoms with van der Waals surface area (Å²) in [6, 6.07) is 24.2. The Morgan fingerprint density at radius 3 is 1.20 bits per heavy atom. The molecule has 2 saturated heterocycles. The lowest BCUT2D eigenvalue weighted by molar-refractivity contribution is -0.142. The van der Waals surface area contributed by atoms with Gasteiger partial charge in [0.1, 0.15) is 23.2 Å². The van der Waals surface area contributed by atoms with Crippen molar-refractivity contribution in [1.82, 2.24) is 9.80 Å². The molecule has 2 unspecified atom stereocenters. The Balaban J connectivity index is 1.44. The highest BCUT2D eigenvalue weighted by Gasteiger charge is 2.50. The molecule has 8 nitrogen and oxygen atoms in total. The number of nitrogens with zero attached hydrogens (tertiary/aromatic N) is 2. The Morgan fingerprint density at radius 2 is 0.848 bits per heavy atom. The molecular weight excluding hydrogens is 594 g/mol. The Labute approximate surface area is 262 Å². The van der Waals surface area contributed by atoms with Gasteiger partial charge in [0.2, 0.25) is 0 Å². The molecule has 230 valence electrons. The van der Waals surface area contributed by atoms with Gasteiger partial charge in [-0.1, -0.05) is 97.1 Å². The molecule has 6 rings (SSSR count). The van der Waals surface area contributed by atoms with Crippen molar-refractivity contribution in [3.63, 3.8) is 0 Å². The fourth-order valence-corrected chi connectivity index (χ4v) is 5.98. The molecule has 2 amide bonds. The number of Topliss-reactive ketones (excluding diaryl/α,β-unsaturated/α-hetero) is 2. The molecule has 2 aliphatic rings. The summed E-state index contributed by atoms with van der Waals surface area (Å²) < 4.78 is 30.5. The smallest absolute Gasteiger partial charge is 0.295 e. The molecular formula is C36H26F2N2O6. The predicted octanol–water partition coefficient (Wildman–Crippen LogP) is 5.51. The Hall–Kier alpha value is -5.90. The van der Waals surface area contributed by atoms with Crippen LogP contribution in [0.2, 0.25) is 0 Å². The van der Waals surface area contributed by atoms with E-state index in [2.05, 4.69) is 0 Å². The summed E-state index contributed by atoms with van der Waals surface area (Å²) in [6.45, 7) is -0.809. The van der Waals surface area contributed by atoms with Crippen LogP contribution in [0.4, 0.5) is 8.78 Å². The topological polar surface area (TPSA) is 115 Å². The van der Waals surface area contributed by atoms with Crippen LogP contribution in [0.25, 0.3) is 11.5 Å². The Bertz CT molecular complexity index is 1800. The zero-order chi connectivity index (χ0) is 32.5. The highest BCUT2D eigenvalue weighted by Crippen LogP contribution is 2.43. The van der Waals surface area contributed by atoms with E-state index in [1.807, 2.05) is 0 Å². The van der Waals surface area contributed by atoms with E-state index >= 15 is 8.78 Å². The van der Waals surface area contributed by atoms with Crippen LogP contribution in [0, 0.1) is 11.6 Å². The molecule has 0 aromatic heterocycles. The van der Waals surface area contributed by atoms with Crippen molar-refractivity contribution in [3.8, 4) is 0 Å². The molecule has 0 radical (unpaired) electrons. The van der Waals surface area contributed by atoms with Gasteiger partial charge in [0.05, 0.1) is 23.2 Å². The van der Waals surface area contributed by atoms with Crippen molar-refractivity contribution in [2.24, 2.45) is 0 Å². The molecule has 2 heterocycles. The zero-order valence-electron chi connectivity index (χ0n) is 24.1. The van der Waals surface area contributed by atoms with Crippen LogP contribution in [-0.2, 0) is 19.2 Å². The van der Waals surface area contributed by atoms with Gasteiger partial charge in [-0.25, -0.2) is 8.78 Å². The van der Waals surface area contributed by atoms with Crippen LogP contribution in [0.5, 0.6) is 0 Å². The van der Waals surface area contributed by atoms with Crippen molar-refractivity contribution in [2.45, 2.75) is 12.1 Å². The number of hydrogen-bond acceptors (Lipinski definition) is 6. The number of benzene rings is 4. The minimum absolute atomic E-state index is 0.0732. The van der Waals surface area contributed by atoms with Gasteiger partial charge in [-0.2, -0.15) is 0 Å². The molecule has 0 saturated carbocycles. The van der Waals surface area contributed by atoms with Crippen LogP contribution in [-0.4, -0.2) is 56.5 Å². The summed E-state index contributed by atoms with van der Waals surface area (Å²) in [5.74, 6) is -6.75. The Kier molecular flexibility index (Phi) is 8.02. The molecule has 2 N–H and O–H groups in total. The molecule has 0 bridgehead atoms. The van der Waals surface area contributed by atoms with Crippen molar-refractivity contribution in [3.05, 3.63) is 154 Å². The van der Waals surface area contributed by atoms with E-state index in [0.717, 1.165) is 21.9 Å². The monoisotopic (exact) mass is 620 g/mol. The first-order valence-electron chi connectivity index (χ1n) is 14.4. The van der Waals surface area contributed by atoms with E-state index in [9.17, 15) is 29.4 Å². The van der Waals surface area contributed by atoms with E-state index in [1.54, 1.807) is 36.4 Å². The van der Waals surface area contributed by atoms with Crippen molar-refractivity contribution in [1.29, 1.82) is 0 Å². The summed E-state index contributed by atoms with van der Waals surface area (Å²) in [7, 11) is 0. The number of aliphatic hydroxyl groups is 2. The van der Waals surface area contributed by atoms with E-state index in [4.69, 9.17) is 0 Å². The minimum Gasteiger partial charge on any atom is -0.507 e. The number of rotatable bonds is 7. The SMILES string of the molecule is O=C1C(=O)N(CCN2C(=O)C(=O)/C(=C(/O)c3ccccc3)C2c2ccccc2F)C(c2ccccc2F)/C1=C(\O)c1ccccc1. The maximum atomic E-state index is 15.3. The van der Waals surface area contributed by atoms with Gasteiger partial charge >= 0.3 is 0 Å². The maximum Gasteiger partial charge on any atom is 0.295 e. The second kappa shape index (κ2) is 12.2. The minimum atomic E-state index is -1.38. The number of halogens is 2. The fraction of sp³-hybridized carbons (Fsp3) is 0.111. The van der Waals surface area contributed by atoms with Gasteiger partial charge in [-0.15, -0.1) is 0 Å². The first kappa shape index (κ1) is 30.1. The summed E-state index contributed by atoms with van der Waals surface area (Å²) in [5, 5.41) is 22.4. The zero-order valence-corrected chi connectivity index (χ0v) is 24.1. The number of hydrogen-bond donors (Lipinski definition) is 2. The first-order valence-corrected chi connectivity index (χ1v) is 14.4. The van der Waals surface area contributed by atoms with E-state index in [-0.39, 0.29) is 33.4 Å². The third-order valence-corrected chi connectivity index (χ3v) is 8.16. The summed E-state index contributed by atoms with van der Waals surface area (Å²) >= 11 is 0. The molecule has 0 spiro atoms. The standard InChI is InChI=1S/C36H26F2N2O6/c37-25-17-9-7-15-23(25)29-27(31(41)21-11-3-1-4-12-21)33(43)35(45)39(29)19-20-40-30(24-16-8-10-18-26(24)38)28(34(44)36(40)46)32(42)22-13-5-2-6-14-22/h1-18,29-30,41-42H,19-20H2/b31-27+,32-28+. The van der Waals surface area contributed by atoms with Gasteiger partial charge in [-0.05, 0) is 12.1 Å². The van der Waals surface area contributed by atoms with Crippen molar-refractivity contribution < 1.29 is 38.2 Å². The predicted molar refractivity (Wildman–Crippen MR) is 164 cm³/mol. The molecule has 4 aromatic carbocycles. The Morgan fingerprint density at radius 1 is 0.522 bits per heavy atom. The average Bonchev–Trinajstić information content (AvgIpc) is 3.47. The van der Waals surface area contributed by atoms with Crippen LogP contribution in [0.3, 0.4) is 0 Å². The molecule has 2 atom stereocenters. The second-order valence-electron chi connectivity index (χ2n) is 10.8. The van der Waals surface area contributed by atoms with E-state index in [1.165, 1.54) is 60.7 Å². The molecule has 2 fully saturated rings. The highest BCUT2D eigenvalue weighted by molar-refractivity contribution is 6.47. The third kappa shape index (κ3) is 5.13. The number of aliphatic hydroxyl groups excluding tert-OH is 2. The molecule has 4 aromatic rings. The molecule has 2 aliphatic heterocycles. The van der Waals surface area contributed by atoms with Gasteiger partial charge in [0, 0.05) is 35.3 Å². The van der Waals surface area contributed by atoms with Gasteiger partial charge in [0.15, 0.2) is 0 Å². The quantitative estimate of drug-likeness (QED) is 0.160. The number of carbonyl (C=O) groups excluding carboxylic acids is 4. The lowest BCUT2D eigenvalue weighted by atomic mass is 9.94. The third-order valence-electron chi connectivity index (χ3n) is 8.16. The fourth-order valence-electron chi connectivity index (χ4n) is 5.98. The van der Waals surface area contributed by atoms with Crippen molar-refractivity contribution in [2.75, 3.05) is 13.1 Å². The van der Waals surface area contributed by atoms with Crippen molar-refractivity contribution >= 4 is 34.9 Å². The summed E-state index contributed by atoms with van der Waals surface area (Å²) in [6.07, 6.45) is 0. The molecule has 10 heteroatoms. The van der Waals surface area contributed by atoms with E-state index < -0.39 is 71.7 Å². The second-order valence-corrected chi connectivity index (χ2v) is 10.8. The molecule has 0 aliphatic carbocycles. The largest absolute Gasteiger partial charge is 0.507 e. The molecule has 46 heavy (non-hydrogen) atoms. The summed E-state index contributed by atoms with van der Waals surface area (Å²) in [4.78, 5) is 55.8. The van der Waals surface area contributed by atoms with Gasteiger partial charge in [0.25, 0.3) is 23.4 Å². The lowest BCUT2D eigenvalue weighted by Crippen LogP contribution is -2.40. The lowest BCUT2D eigenvalue weighted by Gasteiger charge is -2.30. The average molecular weight is 621 g/mol. The van der Waals surface area contributed by atoms with Gasteiger partial charge < -0.3 is 20.0 Å². The first-order chi connectivity index (χ1) is 22.2. The van der Waals surface area contributed by atoms with Crippen LogP contribution in [0.15, 0.2) is 120 Å². The normalized spacial score (nSPS) is 20.5.